The number of aliphatic hydroxyl groups is 2. The fourth-order valence-electron chi connectivity index (χ4n) is 1.91. The van der Waals surface area contributed by atoms with Crippen LogP contribution in [0.1, 0.15) is 27.7 Å². The Hall–Kier alpha value is -0.160. The van der Waals surface area contributed by atoms with Crippen LogP contribution in [0.15, 0.2) is 0 Å². The first-order valence-corrected chi connectivity index (χ1v) is 5.48. The van der Waals surface area contributed by atoms with E-state index >= 15 is 0 Å². The molecule has 0 aromatic carbocycles. The van der Waals surface area contributed by atoms with Gasteiger partial charge in [0.05, 0.1) is 12.2 Å². The highest BCUT2D eigenvalue weighted by Crippen LogP contribution is 2.35. The van der Waals surface area contributed by atoms with Crippen molar-refractivity contribution in [3.63, 3.8) is 0 Å². The van der Waals surface area contributed by atoms with E-state index in [2.05, 4.69) is 0 Å². The maximum absolute atomic E-state index is 9.14. The number of ether oxygens (including phenoxy) is 2. The third-order valence-corrected chi connectivity index (χ3v) is 2.86. The molecule has 0 spiro atoms. The van der Waals surface area contributed by atoms with E-state index in [9.17, 15) is 0 Å². The molecule has 0 amide bonds. The van der Waals surface area contributed by atoms with Crippen LogP contribution >= 0.6 is 0 Å². The Labute approximate surface area is 91.2 Å². The van der Waals surface area contributed by atoms with Crippen LogP contribution in [-0.4, -0.2) is 41.4 Å². The molecule has 4 heteroatoms. The average Bonchev–Trinajstić information content (AvgIpc) is 2.52. The zero-order chi connectivity index (χ0) is 11.6. The molecule has 4 atom stereocenters. The molecule has 4 unspecified atom stereocenters. The molecule has 90 valence electrons. The van der Waals surface area contributed by atoms with E-state index in [1.54, 1.807) is 0 Å². The lowest BCUT2D eigenvalue weighted by Gasteiger charge is -2.25. The van der Waals surface area contributed by atoms with Crippen LogP contribution in [-0.2, 0) is 9.47 Å². The lowest BCUT2D eigenvalue weighted by molar-refractivity contribution is -0.154. The van der Waals surface area contributed by atoms with Gasteiger partial charge in [0.15, 0.2) is 5.79 Å². The fourth-order valence-corrected chi connectivity index (χ4v) is 1.91. The number of rotatable bonds is 4. The lowest BCUT2D eigenvalue weighted by atomic mass is 9.93. The minimum Gasteiger partial charge on any atom is -0.396 e. The van der Waals surface area contributed by atoms with E-state index in [0.29, 0.717) is 0 Å². The van der Waals surface area contributed by atoms with E-state index in [1.165, 1.54) is 0 Å². The number of hydrogen-bond acceptors (Lipinski definition) is 4. The Kier molecular flexibility index (Phi) is 4.12. The first-order valence-electron chi connectivity index (χ1n) is 5.48. The standard InChI is InChI=1S/C11H22O4/c1-7(5-12)9-10(8(2)6-13)15-11(3,4)14-9/h7-10,12-13H,5-6H2,1-4H3. The topological polar surface area (TPSA) is 58.9 Å². The summed E-state index contributed by atoms with van der Waals surface area (Å²) >= 11 is 0. The normalized spacial score (nSPS) is 34.0. The molecule has 0 aromatic heterocycles. The van der Waals surface area contributed by atoms with Crippen LogP contribution in [0.25, 0.3) is 0 Å². The SMILES string of the molecule is CC(CO)C1OC(C)(C)OC1C(C)CO. The fraction of sp³-hybridized carbons (Fsp3) is 1.00. The summed E-state index contributed by atoms with van der Waals surface area (Å²) in [5.74, 6) is -0.584. The van der Waals surface area contributed by atoms with E-state index < -0.39 is 5.79 Å². The van der Waals surface area contributed by atoms with Crippen LogP contribution in [0.2, 0.25) is 0 Å². The molecule has 2 N–H and O–H groups in total. The van der Waals surface area contributed by atoms with Crippen molar-refractivity contribution >= 4 is 0 Å². The summed E-state index contributed by atoms with van der Waals surface area (Å²) in [7, 11) is 0. The van der Waals surface area contributed by atoms with Gasteiger partial charge >= 0.3 is 0 Å². The molecule has 0 aliphatic carbocycles. The van der Waals surface area contributed by atoms with Crippen molar-refractivity contribution in [3.05, 3.63) is 0 Å². The molecular weight excluding hydrogens is 196 g/mol. The highest BCUT2D eigenvalue weighted by Gasteiger charge is 2.45. The van der Waals surface area contributed by atoms with E-state index in [4.69, 9.17) is 19.7 Å². The predicted octanol–water partition coefficient (Wildman–Crippen LogP) is 0.763. The molecule has 1 saturated heterocycles. The molecule has 1 rings (SSSR count). The van der Waals surface area contributed by atoms with Crippen LogP contribution in [0.4, 0.5) is 0 Å². The molecule has 1 fully saturated rings. The van der Waals surface area contributed by atoms with Crippen molar-refractivity contribution in [2.75, 3.05) is 13.2 Å². The first-order chi connectivity index (χ1) is 6.91. The van der Waals surface area contributed by atoms with E-state index in [-0.39, 0.29) is 37.3 Å². The second-order valence-corrected chi connectivity index (χ2v) is 4.88. The monoisotopic (exact) mass is 218 g/mol. The second kappa shape index (κ2) is 4.78. The van der Waals surface area contributed by atoms with Gasteiger partial charge in [-0.05, 0) is 13.8 Å². The molecular formula is C11H22O4. The van der Waals surface area contributed by atoms with Crippen molar-refractivity contribution < 1.29 is 19.7 Å². The lowest BCUT2D eigenvalue weighted by Crippen LogP contribution is -2.37. The van der Waals surface area contributed by atoms with Crippen molar-refractivity contribution in [1.82, 2.24) is 0 Å². The maximum atomic E-state index is 9.14. The Morgan fingerprint density at radius 2 is 1.33 bits per heavy atom. The molecule has 0 saturated carbocycles. The van der Waals surface area contributed by atoms with Crippen molar-refractivity contribution in [1.29, 1.82) is 0 Å². The Morgan fingerprint density at radius 3 is 1.60 bits per heavy atom. The zero-order valence-electron chi connectivity index (χ0n) is 9.93. The molecule has 1 aliphatic heterocycles. The summed E-state index contributed by atoms with van der Waals surface area (Å²) in [4.78, 5) is 0. The highest BCUT2D eigenvalue weighted by molar-refractivity contribution is 4.87. The van der Waals surface area contributed by atoms with Gasteiger partial charge in [0, 0.05) is 25.0 Å². The maximum Gasteiger partial charge on any atom is 0.163 e. The molecule has 1 heterocycles. The second-order valence-electron chi connectivity index (χ2n) is 4.88. The highest BCUT2D eigenvalue weighted by atomic mass is 16.8. The summed E-state index contributed by atoms with van der Waals surface area (Å²) in [6.07, 6.45) is -0.292. The largest absolute Gasteiger partial charge is 0.396 e. The van der Waals surface area contributed by atoms with Crippen LogP contribution in [0.3, 0.4) is 0 Å². The summed E-state index contributed by atoms with van der Waals surface area (Å²) in [6.45, 7) is 7.69. The Bertz CT molecular complexity index is 185. The minimum absolute atomic E-state index is 0.0192. The summed E-state index contributed by atoms with van der Waals surface area (Å²) in [5.41, 5.74) is 0. The third kappa shape index (κ3) is 2.91. The van der Waals surface area contributed by atoms with Gasteiger partial charge in [0.25, 0.3) is 0 Å². The van der Waals surface area contributed by atoms with Gasteiger partial charge in [0.1, 0.15) is 0 Å². The van der Waals surface area contributed by atoms with Crippen molar-refractivity contribution in [3.8, 4) is 0 Å². The Balaban J connectivity index is 2.74. The number of hydrogen-bond donors (Lipinski definition) is 2. The molecule has 4 nitrogen and oxygen atoms in total. The van der Waals surface area contributed by atoms with Crippen LogP contribution < -0.4 is 0 Å². The van der Waals surface area contributed by atoms with E-state index in [1.807, 2.05) is 27.7 Å². The van der Waals surface area contributed by atoms with Crippen LogP contribution in [0.5, 0.6) is 0 Å². The van der Waals surface area contributed by atoms with Crippen LogP contribution in [0, 0.1) is 11.8 Å². The summed E-state index contributed by atoms with van der Waals surface area (Å²) < 4.78 is 11.5. The van der Waals surface area contributed by atoms with Gasteiger partial charge in [-0.3, -0.25) is 0 Å². The van der Waals surface area contributed by atoms with Crippen molar-refractivity contribution in [2.24, 2.45) is 11.8 Å². The molecule has 1 aliphatic rings. The average molecular weight is 218 g/mol. The molecule has 0 radical (unpaired) electrons. The molecule has 15 heavy (non-hydrogen) atoms. The van der Waals surface area contributed by atoms with Gasteiger partial charge < -0.3 is 19.7 Å². The van der Waals surface area contributed by atoms with Gasteiger partial charge in [-0.25, -0.2) is 0 Å². The van der Waals surface area contributed by atoms with E-state index in [0.717, 1.165) is 0 Å². The first kappa shape index (κ1) is 12.9. The predicted molar refractivity (Wildman–Crippen MR) is 56.3 cm³/mol. The van der Waals surface area contributed by atoms with Crippen molar-refractivity contribution in [2.45, 2.75) is 45.7 Å². The molecule has 0 bridgehead atoms. The van der Waals surface area contributed by atoms with Gasteiger partial charge in [-0.1, -0.05) is 13.8 Å². The summed E-state index contributed by atoms with van der Waals surface area (Å²) in [5, 5.41) is 18.3. The minimum atomic E-state index is -0.623. The molecule has 0 aromatic rings. The zero-order valence-corrected chi connectivity index (χ0v) is 9.93. The van der Waals surface area contributed by atoms with Gasteiger partial charge in [-0.15, -0.1) is 0 Å². The smallest absolute Gasteiger partial charge is 0.163 e. The third-order valence-electron chi connectivity index (χ3n) is 2.86. The van der Waals surface area contributed by atoms with Gasteiger partial charge in [-0.2, -0.15) is 0 Å². The number of aliphatic hydroxyl groups excluding tert-OH is 2. The van der Waals surface area contributed by atoms with Gasteiger partial charge in [0.2, 0.25) is 0 Å². The Morgan fingerprint density at radius 1 is 1.00 bits per heavy atom. The summed E-state index contributed by atoms with van der Waals surface area (Å²) in [6, 6.07) is 0. The quantitative estimate of drug-likeness (QED) is 0.731.